The summed E-state index contributed by atoms with van der Waals surface area (Å²) in [7, 11) is 0. The highest BCUT2D eigenvalue weighted by molar-refractivity contribution is 5.81. The van der Waals surface area contributed by atoms with Crippen LogP contribution in [0, 0.1) is 18.3 Å². The maximum Gasteiger partial charge on any atom is 0.239 e. The van der Waals surface area contributed by atoms with Gasteiger partial charge in [-0.15, -0.1) is 0 Å². The molecule has 1 aliphatic carbocycles. The molecule has 0 spiro atoms. The molecular formula is C13H15N3O. The molecule has 0 bridgehead atoms. The van der Waals surface area contributed by atoms with Crippen LogP contribution in [0.15, 0.2) is 18.2 Å². The quantitative estimate of drug-likeness (QED) is 0.823. The number of nitrogens with zero attached hydrogens (tertiary/aromatic N) is 1. The van der Waals surface area contributed by atoms with Gasteiger partial charge in [-0.2, -0.15) is 5.26 Å². The van der Waals surface area contributed by atoms with Crippen LogP contribution in [0.25, 0.3) is 0 Å². The molecule has 0 atom stereocenters. The molecular weight excluding hydrogens is 214 g/mol. The van der Waals surface area contributed by atoms with Crippen LogP contribution in [0.5, 0.6) is 0 Å². The second-order valence-corrected chi connectivity index (χ2v) is 4.34. The van der Waals surface area contributed by atoms with E-state index in [2.05, 4.69) is 16.7 Å². The average molecular weight is 229 g/mol. The number of benzene rings is 1. The third-order valence-electron chi connectivity index (χ3n) is 2.74. The normalized spacial score (nSPS) is 13.9. The number of amides is 1. The molecule has 1 aromatic carbocycles. The summed E-state index contributed by atoms with van der Waals surface area (Å²) < 4.78 is 0. The Morgan fingerprint density at radius 1 is 1.53 bits per heavy atom. The Hall–Kier alpha value is -2.02. The van der Waals surface area contributed by atoms with Crippen LogP contribution in [0.1, 0.15) is 24.0 Å². The lowest BCUT2D eigenvalue weighted by Crippen LogP contribution is -2.31. The van der Waals surface area contributed by atoms with Crippen molar-refractivity contribution in [2.45, 2.75) is 25.8 Å². The number of nitrogens with one attached hydrogen (secondary N) is 2. The van der Waals surface area contributed by atoms with Crippen LogP contribution in [-0.2, 0) is 4.79 Å². The number of carbonyl (C=O) groups excluding carboxylic acids is 1. The van der Waals surface area contributed by atoms with Crippen molar-refractivity contribution in [1.82, 2.24) is 5.32 Å². The molecule has 1 aliphatic rings. The van der Waals surface area contributed by atoms with E-state index in [4.69, 9.17) is 5.26 Å². The Morgan fingerprint density at radius 3 is 2.88 bits per heavy atom. The third kappa shape index (κ3) is 3.22. The van der Waals surface area contributed by atoms with Gasteiger partial charge in [0.05, 0.1) is 18.2 Å². The average Bonchev–Trinajstić information content (AvgIpc) is 3.11. The van der Waals surface area contributed by atoms with Crippen LogP contribution in [0.2, 0.25) is 0 Å². The van der Waals surface area contributed by atoms with E-state index in [-0.39, 0.29) is 12.5 Å². The Balaban J connectivity index is 1.89. The van der Waals surface area contributed by atoms with Crippen LogP contribution < -0.4 is 10.6 Å². The highest BCUT2D eigenvalue weighted by Gasteiger charge is 2.22. The number of carbonyl (C=O) groups is 1. The van der Waals surface area contributed by atoms with Gasteiger partial charge in [0, 0.05) is 11.7 Å². The van der Waals surface area contributed by atoms with Crippen molar-refractivity contribution < 1.29 is 4.79 Å². The summed E-state index contributed by atoms with van der Waals surface area (Å²) in [4.78, 5) is 11.5. The van der Waals surface area contributed by atoms with Crippen molar-refractivity contribution >= 4 is 11.6 Å². The molecule has 4 heteroatoms. The van der Waals surface area contributed by atoms with Gasteiger partial charge in [0.2, 0.25) is 5.91 Å². The number of aryl methyl sites for hydroxylation is 1. The lowest BCUT2D eigenvalue weighted by atomic mass is 10.1. The summed E-state index contributed by atoms with van der Waals surface area (Å²) >= 11 is 0. The molecule has 2 rings (SSSR count). The van der Waals surface area contributed by atoms with Crippen LogP contribution in [-0.4, -0.2) is 18.5 Å². The molecule has 1 amide bonds. The number of rotatable bonds is 4. The van der Waals surface area contributed by atoms with Gasteiger partial charge in [-0.05, 0) is 43.5 Å². The van der Waals surface area contributed by atoms with Crippen molar-refractivity contribution in [2.24, 2.45) is 0 Å². The van der Waals surface area contributed by atoms with Gasteiger partial charge in [0.25, 0.3) is 0 Å². The number of nitriles is 1. The van der Waals surface area contributed by atoms with Crippen LogP contribution in [0.4, 0.5) is 5.69 Å². The molecule has 88 valence electrons. The van der Waals surface area contributed by atoms with E-state index >= 15 is 0 Å². The minimum Gasteiger partial charge on any atom is -0.376 e. The third-order valence-corrected chi connectivity index (χ3v) is 2.74. The monoisotopic (exact) mass is 229 g/mol. The maximum absolute atomic E-state index is 11.5. The van der Waals surface area contributed by atoms with E-state index in [1.165, 1.54) is 0 Å². The van der Waals surface area contributed by atoms with Crippen LogP contribution in [0.3, 0.4) is 0 Å². The largest absolute Gasteiger partial charge is 0.376 e. The molecule has 2 N–H and O–H groups in total. The first-order chi connectivity index (χ1) is 8.19. The van der Waals surface area contributed by atoms with Crippen molar-refractivity contribution in [3.63, 3.8) is 0 Å². The molecule has 0 heterocycles. The zero-order valence-corrected chi connectivity index (χ0v) is 9.79. The van der Waals surface area contributed by atoms with Gasteiger partial charge in [-0.3, -0.25) is 4.79 Å². The highest BCUT2D eigenvalue weighted by Crippen LogP contribution is 2.19. The summed E-state index contributed by atoms with van der Waals surface area (Å²) in [5, 5.41) is 14.7. The van der Waals surface area contributed by atoms with Gasteiger partial charge in [-0.1, -0.05) is 0 Å². The zero-order chi connectivity index (χ0) is 12.3. The van der Waals surface area contributed by atoms with Crippen molar-refractivity contribution in [3.8, 4) is 6.07 Å². The lowest BCUT2D eigenvalue weighted by molar-refractivity contribution is -0.119. The van der Waals surface area contributed by atoms with E-state index in [1.54, 1.807) is 12.1 Å². The molecule has 0 unspecified atom stereocenters. The fourth-order valence-corrected chi connectivity index (χ4v) is 1.61. The van der Waals surface area contributed by atoms with E-state index in [1.807, 2.05) is 13.0 Å². The fourth-order valence-electron chi connectivity index (χ4n) is 1.61. The summed E-state index contributed by atoms with van der Waals surface area (Å²) in [5.74, 6) is 0.0243. The zero-order valence-electron chi connectivity index (χ0n) is 9.79. The van der Waals surface area contributed by atoms with Gasteiger partial charge < -0.3 is 10.6 Å². The molecule has 0 radical (unpaired) electrons. The second-order valence-electron chi connectivity index (χ2n) is 4.34. The first kappa shape index (κ1) is 11.5. The Kier molecular flexibility index (Phi) is 3.29. The Labute approximate surface area is 101 Å². The molecule has 17 heavy (non-hydrogen) atoms. The minimum atomic E-state index is 0.0243. The van der Waals surface area contributed by atoms with E-state index in [9.17, 15) is 4.79 Å². The summed E-state index contributed by atoms with van der Waals surface area (Å²) in [5.41, 5.74) is 2.51. The number of anilines is 1. The smallest absolute Gasteiger partial charge is 0.239 e. The molecule has 0 aliphatic heterocycles. The number of hydrogen-bond donors (Lipinski definition) is 2. The highest BCUT2D eigenvalue weighted by atomic mass is 16.2. The van der Waals surface area contributed by atoms with Crippen molar-refractivity contribution in [3.05, 3.63) is 29.3 Å². The molecule has 4 nitrogen and oxygen atoms in total. The SMILES string of the molecule is Cc1cc(C#N)ccc1NCC(=O)NC1CC1. The van der Waals surface area contributed by atoms with E-state index < -0.39 is 0 Å². The van der Waals surface area contributed by atoms with E-state index in [0.29, 0.717) is 11.6 Å². The van der Waals surface area contributed by atoms with Gasteiger partial charge >= 0.3 is 0 Å². The predicted octanol–water partition coefficient (Wildman–Crippen LogP) is 1.56. The Bertz CT molecular complexity index is 472. The first-order valence-corrected chi connectivity index (χ1v) is 5.73. The predicted molar refractivity (Wildman–Crippen MR) is 65.5 cm³/mol. The molecule has 0 aromatic heterocycles. The van der Waals surface area contributed by atoms with Gasteiger partial charge in [0.15, 0.2) is 0 Å². The summed E-state index contributed by atoms with van der Waals surface area (Å²) in [6, 6.07) is 7.86. The number of hydrogen-bond acceptors (Lipinski definition) is 3. The Morgan fingerprint density at radius 2 is 2.29 bits per heavy atom. The molecule has 1 saturated carbocycles. The topological polar surface area (TPSA) is 64.9 Å². The molecule has 0 saturated heterocycles. The maximum atomic E-state index is 11.5. The molecule has 1 fully saturated rings. The molecule has 1 aromatic rings. The second kappa shape index (κ2) is 4.88. The van der Waals surface area contributed by atoms with Gasteiger partial charge in [0.1, 0.15) is 0 Å². The summed E-state index contributed by atoms with van der Waals surface area (Å²) in [6.07, 6.45) is 2.20. The van der Waals surface area contributed by atoms with Crippen LogP contribution >= 0.6 is 0 Å². The fraction of sp³-hybridized carbons (Fsp3) is 0.385. The standard InChI is InChI=1S/C13H15N3O/c1-9-6-10(7-14)2-5-12(9)15-8-13(17)16-11-3-4-11/h2,5-6,11,15H,3-4,8H2,1H3,(H,16,17). The first-order valence-electron chi connectivity index (χ1n) is 5.73. The van der Waals surface area contributed by atoms with Crippen molar-refractivity contribution in [1.29, 1.82) is 5.26 Å². The lowest BCUT2D eigenvalue weighted by Gasteiger charge is -2.09. The van der Waals surface area contributed by atoms with E-state index in [0.717, 1.165) is 24.1 Å². The van der Waals surface area contributed by atoms with Gasteiger partial charge in [-0.25, -0.2) is 0 Å². The minimum absolute atomic E-state index is 0.0243. The van der Waals surface area contributed by atoms with Crippen molar-refractivity contribution in [2.75, 3.05) is 11.9 Å². The summed E-state index contributed by atoms with van der Waals surface area (Å²) in [6.45, 7) is 2.20.